The molecule has 0 amide bonds. The van der Waals surface area contributed by atoms with E-state index < -0.39 is 0 Å². The van der Waals surface area contributed by atoms with Gasteiger partial charge in [0, 0.05) is 5.56 Å². The summed E-state index contributed by atoms with van der Waals surface area (Å²) < 4.78 is 10.8. The van der Waals surface area contributed by atoms with E-state index in [1.807, 2.05) is 32.9 Å². The third-order valence-electron chi connectivity index (χ3n) is 3.51. The number of ether oxygens (including phenoxy) is 2. The quantitative estimate of drug-likeness (QED) is 0.782. The van der Waals surface area contributed by atoms with Crippen LogP contribution in [0, 0.1) is 20.8 Å². The maximum absolute atomic E-state index is 12.2. The van der Waals surface area contributed by atoms with Crippen LogP contribution >= 0.6 is 0 Å². The highest BCUT2D eigenvalue weighted by atomic mass is 16.5. The first-order valence-electron chi connectivity index (χ1n) is 6.89. The lowest BCUT2D eigenvalue weighted by Gasteiger charge is -2.12. The second-order valence-electron chi connectivity index (χ2n) is 5.15. The van der Waals surface area contributed by atoms with Gasteiger partial charge in [0.2, 0.25) is 0 Å². The van der Waals surface area contributed by atoms with E-state index in [1.165, 1.54) is 5.56 Å². The van der Waals surface area contributed by atoms with E-state index in [1.54, 1.807) is 25.3 Å². The van der Waals surface area contributed by atoms with Crippen LogP contribution in [-0.2, 0) is 0 Å². The Morgan fingerprint density at radius 1 is 1.10 bits per heavy atom. The Balaban J connectivity index is 2.11. The normalized spacial score (nSPS) is 10.3. The molecule has 0 aliphatic heterocycles. The van der Waals surface area contributed by atoms with Gasteiger partial charge in [-0.15, -0.1) is 0 Å². The molecule has 0 N–H and O–H groups in total. The number of Topliss-reactive ketones (excluding diaryl/α,β-unsaturated/α-hetero) is 1. The molecule has 0 aromatic heterocycles. The number of rotatable bonds is 5. The fourth-order valence-corrected chi connectivity index (χ4v) is 2.17. The minimum Gasteiger partial charge on any atom is -0.497 e. The van der Waals surface area contributed by atoms with Crippen LogP contribution in [0.25, 0.3) is 0 Å². The number of aryl methyl sites for hydroxylation is 2. The predicted octanol–water partition coefficient (Wildman–Crippen LogP) is 3.88. The smallest absolute Gasteiger partial charge is 0.200 e. The molecule has 21 heavy (non-hydrogen) atoms. The SMILES string of the molecule is COc1cccc(C(=O)COc2cc(C)cc(C)c2C)c1. The van der Waals surface area contributed by atoms with Crippen molar-refractivity contribution >= 4 is 5.78 Å². The Hall–Kier alpha value is -2.29. The van der Waals surface area contributed by atoms with Gasteiger partial charge in [-0.2, -0.15) is 0 Å². The van der Waals surface area contributed by atoms with Gasteiger partial charge in [-0.1, -0.05) is 18.2 Å². The van der Waals surface area contributed by atoms with Crippen LogP contribution in [0.3, 0.4) is 0 Å². The molecule has 0 aliphatic rings. The van der Waals surface area contributed by atoms with Gasteiger partial charge in [0.1, 0.15) is 11.5 Å². The molecule has 110 valence electrons. The number of hydrogen-bond donors (Lipinski definition) is 0. The Labute approximate surface area is 125 Å². The van der Waals surface area contributed by atoms with Crippen molar-refractivity contribution in [2.75, 3.05) is 13.7 Å². The van der Waals surface area contributed by atoms with Crippen LogP contribution in [0.15, 0.2) is 36.4 Å². The fourth-order valence-electron chi connectivity index (χ4n) is 2.17. The van der Waals surface area contributed by atoms with Crippen molar-refractivity contribution < 1.29 is 14.3 Å². The first-order chi connectivity index (χ1) is 10.0. The van der Waals surface area contributed by atoms with Crippen molar-refractivity contribution in [3.05, 3.63) is 58.7 Å². The monoisotopic (exact) mass is 284 g/mol. The molecule has 0 bridgehead atoms. The highest BCUT2D eigenvalue weighted by Crippen LogP contribution is 2.23. The molecular weight excluding hydrogens is 264 g/mol. The summed E-state index contributed by atoms with van der Waals surface area (Å²) >= 11 is 0. The summed E-state index contributed by atoms with van der Waals surface area (Å²) in [4.78, 5) is 12.2. The van der Waals surface area contributed by atoms with Crippen molar-refractivity contribution in [2.24, 2.45) is 0 Å². The van der Waals surface area contributed by atoms with E-state index in [-0.39, 0.29) is 12.4 Å². The molecule has 0 saturated carbocycles. The Kier molecular flexibility index (Phi) is 4.63. The van der Waals surface area contributed by atoms with Crippen molar-refractivity contribution in [1.82, 2.24) is 0 Å². The minimum absolute atomic E-state index is 0.0247. The Morgan fingerprint density at radius 2 is 1.86 bits per heavy atom. The highest BCUT2D eigenvalue weighted by molar-refractivity contribution is 5.97. The zero-order valence-electron chi connectivity index (χ0n) is 12.9. The molecule has 0 heterocycles. The van der Waals surface area contributed by atoms with E-state index in [4.69, 9.17) is 9.47 Å². The second-order valence-corrected chi connectivity index (χ2v) is 5.15. The van der Waals surface area contributed by atoms with Gasteiger partial charge in [-0.05, 0) is 55.7 Å². The van der Waals surface area contributed by atoms with E-state index >= 15 is 0 Å². The largest absolute Gasteiger partial charge is 0.497 e. The molecule has 0 saturated heterocycles. The number of benzene rings is 2. The van der Waals surface area contributed by atoms with Crippen LogP contribution in [-0.4, -0.2) is 19.5 Å². The standard InChI is InChI=1S/C18H20O3/c1-12-8-13(2)14(3)18(9-12)21-11-17(19)15-6-5-7-16(10-15)20-4/h5-10H,11H2,1-4H3. The van der Waals surface area contributed by atoms with Gasteiger partial charge in [0.05, 0.1) is 7.11 Å². The molecular formula is C18H20O3. The molecule has 0 aliphatic carbocycles. The number of methoxy groups -OCH3 is 1. The third-order valence-corrected chi connectivity index (χ3v) is 3.51. The van der Waals surface area contributed by atoms with Gasteiger partial charge in [0.25, 0.3) is 0 Å². The van der Waals surface area contributed by atoms with Crippen LogP contribution in [0.1, 0.15) is 27.0 Å². The van der Waals surface area contributed by atoms with Crippen molar-refractivity contribution in [3.63, 3.8) is 0 Å². The number of ketones is 1. The first kappa shape index (κ1) is 15.1. The molecule has 0 unspecified atom stereocenters. The summed E-state index contributed by atoms with van der Waals surface area (Å²) in [6, 6.07) is 11.2. The molecule has 3 nitrogen and oxygen atoms in total. The summed E-state index contributed by atoms with van der Waals surface area (Å²) in [5, 5.41) is 0. The molecule has 0 atom stereocenters. The van der Waals surface area contributed by atoms with Gasteiger partial charge >= 0.3 is 0 Å². The lowest BCUT2D eigenvalue weighted by molar-refractivity contribution is 0.0920. The van der Waals surface area contributed by atoms with Gasteiger partial charge in [-0.25, -0.2) is 0 Å². The predicted molar refractivity (Wildman–Crippen MR) is 83.5 cm³/mol. The Bertz CT molecular complexity index is 660. The minimum atomic E-state index is -0.0625. The number of hydrogen-bond acceptors (Lipinski definition) is 3. The third kappa shape index (κ3) is 3.63. The summed E-state index contributed by atoms with van der Waals surface area (Å²) in [6.07, 6.45) is 0. The molecule has 2 rings (SSSR count). The van der Waals surface area contributed by atoms with Crippen LogP contribution < -0.4 is 9.47 Å². The Morgan fingerprint density at radius 3 is 2.57 bits per heavy atom. The van der Waals surface area contributed by atoms with Crippen LogP contribution in [0.5, 0.6) is 11.5 Å². The zero-order valence-corrected chi connectivity index (χ0v) is 12.9. The zero-order chi connectivity index (χ0) is 15.4. The lowest BCUT2D eigenvalue weighted by atomic mass is 10.1. The van der Waals surface area contributed by atoms with Crippen LogP contribution in [0.4, 0.5) is 0 Å². The maximum atomic E-state index is 12.2. The summed E-state index contributed by atoms with van der Waals surface area (Å²) in [5.41, 5.74) is 3.95. The molecule has 0 spiro atoms. The average molecular weight is 284 g/mol. The molecule has 0 fully saturated rings. The van der Waals surface area contributed by atoms with Crippen LogP contribution in [0.2, 0.25) is 0 Å². The number of carbonyl (C=O) groups is 1. The van der Waals surface area contributed by atoms with E-state index in [9.17, 15) is 4.79 Å². The fraction of sp³-hybridized carbons (Fsp3) is 0.278. The first-order valence-corrected chi connectivity index (χ1v) is 6.89. The van der Waals surface area contributed by atoms with Crippen molar-refractivity contribution in [2.45, 2.75) is 20.8 Å². The van der Waals surface area contributed by atoms with Crippen molar-refractivity contribution in [3.8, 4) is 11.5 Å². The van der Waals surface area contributed by atoms with E-state index in [0.717, 1.165) is 16.9 Å². The molecule has 3 heteroatoms. The van der Waals surface area contributed by atoms with E-state index in [0.29, 0.717) is 11.3 Å². The average Bonchev–Trinajstić information content (AvgIpc) is 2.49. The summed E-state index contributed by atoms with van der Waals surface area (Å²) in [7, 11) is 1.58. The molecule has 0 radical (unpaired) electrons. The molecule has 2 aromatic carbocycles. The summed E-state index contributed by atoms with van der Waals surface area (Å²) in [6.45, 7) is 6.08. The van der Waals surface area contributed by atoms with Gasteiger partial charge in [-0.3, -0.25) is 4.79 Å². The van der Waals surface area contributed by atoms with E-state index in [2.05, 4.69) is 6.07 Å². The summed E-state index contributed by atoms with van der Waals surface area (Å²) in [5.74, 6) is 1.37. The van der Waals surface area contributed by atoms with Crippen molar-refractivity contribution in [1.29, 1.82) is 0 Å². The number of carbonyl (C=O) groups excluding carboxylic acids is 1. The maximum Gasteiger partial charge on any atom is 0.200 e. The van der Waals surface area contributed by atoms with Gasteiger partial charge < -0.3 is 9.47 Å². The molecule has 2 aromatic rings. The highest BCUT2D eigenvalue weighted by Gasteiger charge is 2.10. The van der Waals surface area contributed by atoms with Gasteiger partial charge in [0.15, 0.2) is 12.4 Å². The lowest BCUT2D eigenvalue weighted by Crippen LogP contribution is -2.12. The second kappa shape index (κ2) is 6.44. The topological polar surface area (TPSA) is 35.5 Å².